The number of aromatic nitrogens is 2. The fraction of sp³-hybridized carbons (Fsp3) is 0.455. The van der Waals surface area contributed by atoms with Gasteiger partial charge in [0.15, 0.2) is 5.69 Å². The Morgan fingerprint density at radius 2 is 2.24 bits per heavy atom. The Balaban J connectivity index is 2.72. The van der Waals surface area contributed by atoms with E-state index in [0.29, 0.717) is 18.9 Å². The van der Waals surface area contributed by atoms with Crippen LogP contribution >= 0.6 is 0 Å². The van der Waals surface area contributed by atoms with Crippen molar-refractivity contribution in [3.63, 3.8) is 0 Å². The van der Waals surface area contributed by atoms with Crippen LogP contribution in [0.3, 0.4) is 0 Å². The standard InChI is InChI=1S/C11H15N5O/c1-3-13-11(17)8-16(4-2)10-7-14-9(5-12)6-15-10/h6-7H,3-4,8H2,1-2H3,(H,13,17). The highest BCUT2D eigenvalue weighted by Crippen LogP contribution is 2.07. The molecular weight excluding hydrogens is 218 g/mol. The van der Waals surface area contributed by atoms with Gasteiger partial charge in [0.25, 0.3) is 0 Å². The van der Waals surface area contributed by atoms with Crippen molar-refractivity contribution in [1.82, 2.24) is 15.3 Å². The van der Waals surface area contributed by atoms with Crippen LogP contribution in [0, 0.1) is 11.3 Å². The van der Waals surface area contributed by atoms with E-state index in [9.17, 15) is 4.79 Å². The van der Waals surface area contributed by atoms with Crippen LogP contribution in [0.15, 0.2) is 12.4 Å². The average Bonchev–Trinajstić information content (AvgIpc) is 2.36. The summed E-state index contributed by atoms with van der Waals surface area (Å²) < 4.78 is 0. The molecule has 0 radical (unpaired) electrons. The number of likely N-dealkylation sites (N-methyl/N-ethyl adjacent to an activating group) is 2. The van der Waals surface area contributed by atoms with Gasteiger partial charge in [-0.1, -0.05) is 0 Å². The van der Waals surface area contributed by atoms with Crippen LogP contribution in [0.25, 0.3) is 0 Å². The first-order valence-electron chi connectivity index (χ1n) is 5.45. The molecule has 1 amide bonds. The zero-order chi connectivity index (χ0) is 12.7. The molecule has 0 unspecified atom stereocenters. The van der Waals surface area contributed by atoms with Gasteiger partial charge < -0.3 is 10.2 Å². The van der Waals surface area contributed by atoms with Gasteiger partial charge in [-0.05, 0) is 13.8 Å². The average molecular weight is 233 g/mol. The second-order valence-corrected chi connectivity index (χ2v) is 3.34. The van der Waals surface area contributed by atoms with E-state index >= 15 is 0 Å². The molecule has 0 aliphatic rings. The highest BCUT2D eigenvalue weighted by Gasteiger charge is 2.10. The molecule has 0 aliphatic heterocycles. The van der Waals surface area contributed by atoms with Gasteiger partial charge in [0, 0.05) is 13.1 Å². The van der Waals surface area contributed by atoms with Crippen molar-refractivity contribution in [2.45, 2.75) is 13.8 Å². The number of nitrogens with one attached hydrogen (secondary N) is 1. The molecule has 6 nitrogen and oxygen atoms in total. The van der Waals surface area contributed by atoms with Crippen molar-refractivity contribution in [2.75, 3.05) is 24.5 Å². The number of amides is 1. The van der Waals surface area contributed by atoms with E-state index in [0.717, 1.165) is 0 Å². The van der Waals surface area contributed by atoms with Gasteiger partial charge in [-0.25, -0.2) is 9.97 Å². The maximum Gasteiger partial charge on any atom is 0.239 e. The second kappa shape index (κ2) is 6.43. The van der Waals surface area contributed by atoms with Crippen LogP contribution in [0.1, 0.15) is 19.5 Å². The van der Waals surface area contributed by atoms with Gasteiger partial charge in [0.1, 0.15) is 11.9 Å². The van der Waals surface area contributed by atoms with Crippen LogP contribution in [-0.2, 0) is 4.79 Å². The molecule has 1 heterocycles. The van der Waals surface area contributed by atoms with E-state index in [4.69, 9.17) is 5.26 Å². The summed E-state index contributed by atoms with van der Waals surface area (Å²) in [6.07, 6.45) is 2.90. The van der Waals surface area contributed by atoms with E-state index in [1.165, 1.54) is 12.4 Å². The Kier molecular flexibility index (Phi) is 4.88. The fourth-order valence-corrected chi connectivity index (χ4v) is 1.32. The first-order chi connectivity index (χ1) is 8.21. The molecule has 0 atom stereocenters. The number of nitrogens with zero attached hydrogens (tertiary/aromatic N) is 4. The zero-order valence-electron chi connectivity index (χ0n) is 9.97. The minimum absolute atomic E-state index is 0.0551. The summed E-state index contributed by atoms with van der Waals surface area (Å²) in [6, 6.07) is 1.90. The molecule has 6 heteroatoms. The lowest BCUT2D eigenvalue weighted by Gasteiger charge is -2.20. The Labute approximate surface area is 100 Å². The third-order valence-corrected chi connectivity index (χ3v) is 2.17. The molecule has 1 N–H and O–H groups in total. The molecule has 0 bridgehead atoms. The van der Waals surface area contributed by atoms with Crippen molar-refractivity contribution in [3.8, 4) is 6.07 Å². The first kappa shape index (κ1) is 12.9. The number of hydrogen-bond donors (Lipinski definition) is 1. The Morgan fingerprint density at radius 3 is 2.71 bits per heavy atom. The van der Waals surface area contributed by atoms with Crippen LogP contribution < -0.4 is 10.2 Å². The molecule has 0 saturated heterocycles. The number of rotatable bonds is 5. The molecule has 0 spiro atoms. The van der Waals surface area contributed by atoms with Gasteiger partial charge in [-0.15, -0.1) is 0 Å². The van der Waals surface area contributed by atoms with Crippen molar-refractivity contribution < 1.29 is 4.79 Å². The largest absolute Gasteiger partial charge is 0.355 e. The quantitative estimate of drug-likeness (QED) is 0.791. The maximum atomic E-state index is 11.5. The number of carbonyl (C=O) groups is 1. The van der Waals surface area contributed by atoms with E-state index in [1.807, 2.05) is 19.9 Å². The van der Waals surface area contributed by atoms with Crippen molar-refractivity contribution in [3.05, 3.63) is 18.1 Å². The minimum Gasteiger partial charge on any atom is -0.355 e. The summed E-state index contributed by atoms with van der Waals surface area (Å²) in [5.41, 5.74) is 0.266. The maximum absolute atomic E-state index is 11.5. The van der Waals surface area contributed by atoms with Crippen LogP contribution in [0.5, 0.6) is 0 Å². The van der Waals surface area contributed by atoms with Crippen molar-refractivity contribution in [2.24, 2.45) is 0 Å². The lowest BCUT2D eigenvalue weighted by atomic mass is 10.4. The Morgan fingerprint density at radius 1 is 1.47 bits per heavy atom. The van der Waals surface area contributed by atoms with Crippen LogP contribution in [-0.4, -0.2) is 35.5 Å². The third-order valence-electron chi connectivity index (χ3n) is 2.17. The predicted molar refractivity (Wildman–Crippen MR) is 63.3 cm³/mol. The number of carbonyl (C=O) groups excluding carboxylic acids is 1. The highest BCUT2D eigenvalue weighted by atomic mass is 16.2. The van der Waals surface area contributed by atoms with Crippen LogP contribution in [0.2, 0.25) is 0 Å². The van der Waals surface area contributed by atoms with Gasteiger partial charge in [-0.2, -0.15) is 5.26 Å². The molecule has 0 fully saturated rings. The SMILES string of the molecule is CCNC(=O)CN(CC)c1cnc(C#N)cn1. The third kappa shape index (κ3) is 3.72. The summed E-state index contributed by atoms with van der Waals surface area (Å²) in [5, 5.41) is 11.3. The highest BCUT2D eigenvalue weighted by molar-refractivity contribution is 5.80. The summed E-state index contributed by atoms with van der Waals surface area (Å²) in [5.74, 6) is 0.540. The summed E-state index contributed by atoms with van der Waals surface area (Å²) in [4.78, 5) is 21.3. The van der Waals surface area contributed by atoms with E-state index in [2.05, 4.69) is 15.3 Å². The lowest BCUT2D eigenvalue weighted by molar-refractivity contribution is -0.119. The van der Waals surface area contributed by atoms with Gasteiger partial charge in [0.05, 0.1) is 18.9 Å². The van der Waals surface area contributed by atoms with Gasteiger partial charge in [0.2, 0.25) is 5.91 Å². The summed E-state index contributed by atoms with van der Waals surface area (Å²) in [7, 11) is 0. The summed E-state index contributed by atoms with van der Waals surface area (Å²) >= 11 is 0. The molecule has 90 valence electrons. The molecular formula is C11H15N5O. The summed E-state index contributed by atoms with van der Waals surface area (Å²) in [6.45, 7) is 5.30. The molecule has 0 aromatic carbocycles. The Bertz CT molecular complexity index is 409. The molecule has 1 rings (SSSR count). The number of hydrogen-bond acceptors (Lipinski definition) is 5. The monoisotopic (exact) mass is 233 g/mol. The van der Waals surface area contributed by atoms with Crippen molar-refractivity contribution >= 4 is 11.7 Å². The molecule has 0 aliphatic carbocycles. The van der Waals surface area contributed by atoms with E-state index in [1.54, 1.807) is 4.90 Å². The molecule has 0 saturated carbocycles. The Hall–Kier alpha value is -2.16. The van der Waals surface area contributed by atoms with Crippen LogP contribution in [0.4, 0.5) is 5.82 Å². The topological polar surface area (TPSA) is 81.9 Å². The number of anilines is 1. The van der Waals surface area contributed by atoms with Gasteiger partial charge >= 0.3 is 0 Å². The zero-order valence-corrected chi connectivity index (χ0v) is 9.97. The lowest BCUT2D eigenvalue weighted by Crippen LogP contribution is -2.37. The fourth-order valence-electron chi connectivity index (χ4n) is 1.32. The smallest absolute Gasteiger partial charge is 0.239 e. The second-order valence-electron chi connectivity index (χ2n) is 3.34. The molecule has 1 aromatic rings. The number of nitriles is 1. The van der Waals surface area contributed by atoms with Gasteiger partial charge in [-0.3, -0.25) is 4.79 Å². The van der Waals surface area contributed by atoms with E-state index in [-0.39, 0.29) is 18.1 Å². The molecule has 17 heavy (non-hydrogen) atoms. The predicted octanol–water partition coefficient (Wildman–Crippen LogP) is 0.311. The van der Waals surface area contributed by atoms with Crippen molar-refractivity contribution in [1.29, 1.82) is 5.26 Å². The minimum atomic E-state index is -0.0551. The molecule has 1 aromatic heterocycles. The normalized spacial score (nSPS) is 9.47. The first-order valence-corrected chi connectivity index (χ1v) is 5.45. The van der Waals surface area contributed by atoms with E-state index < -0.39 is 0 Å².